The van der Waals surface area contributed by atoms with E-state index >= 15 is 0 Å². The van der Waals surface area contributed by atoms with Crippen molar-refractivity contribution >= 4 is 11.4 Å². The predicted molar refractivity (Wildman–Crippen MR) is 106 cm³/mol. The molecule has 150 valence electrons. The minimum absolute atomic E-state index is 0.366. The lowest BCUT2D eigenvalue weighted by Gasteiger charge is -2.06. The molecule has 2 aromatic carbocycles. The van der Waals surface area contributed by atoms with Gasteiger partial charge in [-0.1, -0.05) is 0 Å². The van der Waals surface area contributed by atoms with Crippen molar-refractivity contribution in [3.05, 3.63) is 80.2 Å². The average molecular weight is 405 g/mol. The summed E-state index contributed by atoms with van der Waals surface area (Å²) < 4.78 is 17.6. The Morgan fingerprint density at radius 3 is 1.33 bits per heavy atom. The molecule has 11 nitrogen and oxygen atoms in total. The molecule has 3 heterocycles. The number of nitrogens with two attached hydrogens (primary N) is 2. The summed E-state index contributed by atoms with van der Waals surface area (Å²) in [6.45, 7) is 0. The van der Waals surface area contributed by atoms with Gasteiger partial charge in [0.1, 0.15) is 43.8 Å². The van der Waals surface area contributed by atoms with E-state index in [-0.39, 0.29) is 5.82 Å². The first kappa shape index (κ1) is 18.7. The molecular formula is C18H16FN11. The number of halogens is 1. The summed E-state index contributed by atoms with van der Waals surface area (Å²) in [4.78, 5) is 11.5. The van der Waals surface area contributed by atoms with Crippen LogP contribution in [-0.2, 0) is 0 Å². The zero-order valence-electron chi connectivity index (χ0n) is 15.5. The number of aromatic nitrogens is 9. The van der Waals surface area contributed by atoms with Crippen molar-refractivity contribution in [2.45, 2.75) is 0 Å². The van der Waals surface area contributed by atoms with Crippen molar-refractivity contribution < 1.29 is 4.39 Å². The topological polar surface area (TPSA) is 144 Å². The normalized spacial score (nSPS) is 10.4. The monoisotopic (exact) mass is 405 g/mol. The molecule has 3 aromatic heterocycles. The second-order valence-corrected chi connectivity index (χ2v) is 6.05. The van der Waals surface area contributed by atoms with Crippen LogP contribution in [0.5, 0.6) is 0 Å². The SMILES string of the molecule is Nc1cc(-n2cncn2)cc(-n2cncn2)c1.Nc1cc(F)cc(-n2cncn2)c1. The van der Waals surface area contributed by atoms with Gasteiger partial charge >= 0.3 is 0 Å². The van der Waals surface area contributed by atoms with Crippen molar-refractivity contribution in [1.82, 2.24) is 44.3 Å². The lowest BCUT2D eigenvalue weighted by Crippen LogP contribution is -2.01. The molecule has 0 spiro atoms. The molecule has 0 atom stereocenters. The third-order valence-electron chi connectivity index (χ3n) is 3.88. The highest BCUT2D eigenvalue weighted by molar-refractivity contribution is 5.55. The maximum atomic E-state index is 12.9. The van der Waals surface area contributed by atoms with E-state index in [1.165, 1.54) is 42.1 Å². The predicted octanol–water partition coefficient (Wildman–Crippen LogP) is 1.42. The van der Waals surface area contributed by atoms with Gasteiger partial charge < -0.3 is 11.5 Å². The first-order chi connectivity index (χ1) is 14.6. The molecule has 0 unspecified atom stereocenters. The van der Waals surface area contributed by atoms with Crippen LogP contribution in [0.3, 0.4) is 0 Å². The van der Waals surface area contributed by atoms with Gasteiger partial charge in [-0.2, -0.15) is 15.3 Å². The summed E-state index contributed by atoms with van der Waals surface area (Å²) in [5, 5.41) is 12.0. The van der Waals surface area contributed by atoms with Crippen LogP contribution in [0.4, 0.5) is 15.8 Å². The number of anilines is 2. The molecule has 0 bridgehead atoms. The Balaban J connectivity index is 0.000000151. The zero-order chi connectivity index (χ0) is 20.9. The van der Waals surface area contributed by atoms with E-state index in [2.05, 4.69) is 30.2 Å². The maximum Gasteiger partial charge on any atom is 0.138 e. The largest absolute Gasteiger partial charge is 0.399 e. The number of rotatable bonds is 3. The fourth-order valence-electron chi connectivity index (χ4n) is 2.64. The van der Waals surface area contributed by atoms with Gasteiger partial charge in [-0.05, 0) is 36.4 Å². The highest BCUT2D eigenvalue weighted by atomic mass is 19.1. The fraction of sp³-hybridized carbons (Fsp3) is 0. The van der Waals surface area contributed by atoms with Gasteiger partial charge in [0.2, 0.25) is 0 Å². The van der Waals surface area contributed by atoms with E-state index in [9.17, 15) is 4.39 Å². The molecule has 0 amide bonds. The van der Waals surface area contributed by atoms with Crippen LogP contribution in [0.25, 0.3) is 17.1 Å². The summed E-state index contributed by atoms with van der Waals surface area (Å²) >= 11 is 0. The van der Waals surface area contributed by atoms with E-state index in [4.69, 9.17) is 11.5 Å². The van der Waals surface area contributed by atoms with Gasteiger partial charge in [-0.15, -0.1) is 0 Å². The van der Waals surface area contributed by atoms with Gasteiger partial charge in [-0.25, -0.2) is 33.4 Å². The van der Waals surface area contributed by atoms with E-state index in [1.807, 2.05) is 18.2 Å². The van der Waals surface area contributed by atoms with Gasteiger partial charge in [-0.3, -0.25) is 0 Å². The summed E-state index contributed by atoms with van der Waals surface area (Å²) in [6.07, 6.45) is 9.02. The molecule has 4 N–H and O–H groups in total. The maximum absolute atomic E-state index is 12.9. The fourth-order valence-corrected chi connectivity index (χ4v) is 2.64. The van der Waals surface area contributed by atoms with E-state index in [0.29, 0.717) is 17.1 Å². The Hall–Kier alpha value is -4.61. The highest BCUT2D eigenvalue weighted by Crippen LogP contribution is 2.17. The lowest BCUT2D eigenvalue weighted by molar-refractivity contribution is 0.626. The van der Waals surface area contributed by atoms with E-state index in [0.717, 1.165) is 11.4 Å². The van der Waals surface area contributed by atoms with Crippen LogP contribution in [0, 0.1) is 5.82 Å². The standard InChI is InChI=1S/C10H9N7.C8H7FN4/c11-8-1-9(16-6-12-4-14-16)3-10(2-8)17-7-13-5-15-17;9-6-1-7(10)3-8(2-6)13-5-11-4-12-13/h1-7H,11H2;1-5H,10H2. The Kier molecular flexibility index (Phi) is 5.11. The third-order valence-corrected chi connectivity index (χ3v) is 3.88. The van der Waals surface area contributed by atoms with Crippen molar-refractivity contribution in [1.29, 1.82) is 0 Å². The van der Waals surface area contributed by atoms with Crippen LogP contribution in [0.15, 0.2) is 74.4 Å². The molecule has 5 aromatic rings. The molecule has 0 saturated carbocycles. The zero-order valence-corrected chi connectivity index (χ0v) is 15.5. The van der Waals surface area contributed by atoms with Crippen LogP contribution in [0.2, 0.25) is 0 Å². The van der Waals surface area contributed by atoms with E-state index in [1.54, 1.807) is 28.1 Å². The Labute approximate surface area is 169 Å². The minimum Gasteiger partial charge on any atom is -0.399 e. The number of hydrogen-bond donors (Lipinski definition) is 2. The molecule has 30 heavy (non-hydrogen) atoms. The van der Waals surface area contributed by atoms with Crippen molar-refractivity contribution in [3.8, 4) is 17.1 Å². The Morgan fingerprint density at radius 1 is 0.567 bits per heavy atom. The van der Waals surface area contributed by atoms with Gasteiger partial charge in [0.05, 0.1) is 17.1 Å². The van der Waals surface area contributed by atoms with Gasteiger partial charge in [0.25, 0.3) is 0 Å². The number of hydrogen-bond acceptors (Lipinski definition) is 8. The molecule has 5 rings (SSSR count). The Bertz CT molecular complexity index is 1140. The molecule has 0 radical (unpaired) electrons. The van der Waals surface area contributed by atoms with Crippen molar-refractivity contribution in [2.75, 3.05) is 11.5 Å². The van der Waals surface area contributed by atoms with Crippen LogP contribution in [-0.4, -0.2) is 44.3 Å². The first-order valence-corrected chi connectivity index (χ1v) is 8.60. The highest BCUT2D eigenvalue weighted by Gasteiger charge is 2.04. The minimum atomic E-state index is -0.384. The van der Waals surface area contributed by atoms with Crippen LogP contribution >= 0.6 is 0 Å². The molecule has 0 aliphatic heterocycles. The molecule has 0 aliphatic carbocycles. The second kappa shape index (κ2) is 8.18. The molecule has 12 heteroatoms. The summed E-state index contributed by atoms with van der Waals surface area (Å²) in [5.74, 6) is -0.384. The molecule has 0 aliphatic rings. The molecular weight excluding hydrogens is 389 g/mol. The number of benzene rings is 2. The third kappa shape index (κ3) is 4.27. The molecule has 0 fully saturated rings. The smallest absolute Gasteiger partial charge is 0.138 e. The van der Waals surface area contributed by atoms with Crippen molar-refractivity contribution in [2.24, 2.45) is 0 Å². The number of nitrogens with zero attached hydrogens (tertiary/aromatic N) is 9. The molecule has 0 saturated heterocycles. The van der Waals surface area contributed by atoms with Gasteiger partial charge in [0, 0.05) is 11.4 Å². The summed E-state index contributed by atoms with van der Waals surface area (Å²) in [7, 11) is 0. The average Bonchev–Trinajstić information content (AvgIpc) is 3.51. The summed E-state index contributed by atoms with van der Waals surface area (Å²) in [6, 6.07) is 9.74. The van der Waals surface area contributed by atoms with Crippen LogP contribution in [0.1, 0.15) is 0 Å². The summed E-state index contributed by atoms with van der Waals surface area (Å²) in [5.41, 5.74) is 14.5. The number of nitrogen functional groups attached to an aromatic ring is 2. The quantitative estimate of drug-likeness (QED) is 0.429. The van der Waals surface area contributed by atoms with E-state index < -0.39 is 0 Å². The van der Waals surface area contributed by atoms with Crippen molar-refractivity contribution in [3.63, 3.8) is 0 Å². The second-order valence-electron chi connectivity index (χ2n) is 6.05. The van der Waals surface area contributed by atoms with Gasteiger partial charge in [0.15, 0.2) is 0 Å². The Morgan fingerprint density at radius 2 is 0.967 bits per heavy atom. The first-order valence-electron chi connectivity index (χ1n) is 8.60. The van der Waals surface area contributed by atoms with Crippen LogP contribution < -0.4 is 11.5 Å². The lowest BCUT2D eigenvalue weighted by atomic mass is 10.2.